The molecular formula is C16H9F3N2O4S. The van der Waals surface area contributed by atoms with Crippen LogP contribution in [0.5, 0.6) is 5.75 Å². The summed E-state index contributed by atoms with van der Waals surface area (Å²) in [6.07, 6.45) is 0. The minimum Gasteiger partial charge on any atom is -0.506 e. The number of amides is 1. The van der Waals surface area contributed by atoms with E-state index in [4.69, 9.17) is 0 Å². The number of hydrogen-bond donors (Lipinski definition) is 2. The smallest absolute Gasteiger partial charge is 0.326 e. The zero-order valence-corrected chi connectivity index (χ0v) is 13.6. The molecule has 0 saturated carbocycles. The van der Waals surface area contributed by atoms with Crippen molar-refractivity contribution in [1.29, 1.82) is 0 Å². The average Bonchev–Trinajstić information content (AvgIpc) is 2.82. The Hall–Kier alpha value is -3.19. The highest BCUT2D eigenvalue weighted by molar-refractivity contribution is 7.92. The van der Waals surface area contributed by atoms with Crippen molar-refractivity contribution in [3.05, 3.63) is 58.9 Å². The Kier molecular flexibility index (Phi) is 4.25. The maximum Gasteiger partial charge on any atom is 0.326 e. The Morgan fingerprint density at radius 2 is 1.77 bits per heavy atom. The van der Waals surface area contributed by atoms with Crippen LogP contribution in [0.2, 0.25) is 0 Å². The Bertz CT molecular complexity index is 1090. The van der Waals surface area contributed by atoms with E-state index >= 15 is 0 Å². The molecule has 134 valence electrons. The lowest BCUT2D eigenvalue weighted by atomic mass is 10.1. The molecule has 0 atom stereocenters. The first-order valence-corrected chi connectivity index (χ1v) is 8.45. The number of aromatic hydroxyl groups is 1. The second-order valence-electron chi connectivity index (χ2n) is 5.21. The Morgan fingerprint density at radius 3 is 2.42 bits per heavy atom. The summed E-state index contributed by atoms with van der Waals surface area (Å²) in [6, 6.07) is 4.57. The van der Waals surface area contributed by atoms with Gasteiger partial charge in [-0.3, -0.25) is 4.79 Å². The Morgan fingerprint density at radius 1 is 1.08 bits per heavy atom. The van der Waals surface area contributed by atoms with Gasteiger partial charge in [0.15, 0.2) is 5.82 Å². The normalized spacial score (nSPS) is 15.3. The minimum absolute atomic E-state index is 0.329. The highest BCUT2D eigenvalue weighted by Gasteiger charge is 2.37. The number of carbonyl (C=O) groups excluding carboxylic acids is 1. The van der Waals surface area contributed by atoms with Gasteiger partial charge in [-0.1, -0.05) is 11.8 Å². The van der Waals surface area contributed by atoms with Gasteiger partial charge in [-0.15, -0.1) is 0 Å². The van der Waals surface area contributed by atoms with Gasteiger partial charge in [0.05, 0.1) is 11.1 Å². The largest absolute Gasteiger partial charge is 0.506 e. The van der Waals surface area contributed by atoms with E-state index in [-0.39, 0.29) is 11.1 Å². The average molecular weight is 382 g/mol. The van der Waals surface area contributed by atoms with Gasteiger partial charge < -0.3 is 5.11 Å². The molecule has 2 aromatic carbocycles. The first-order valence-electron chi connectivity index (χ1n) is 7.01. The minimum atomic E-state index is -4.35. The lowest BCUT2D eigenvalue weighted by molar-refractivity contribution is -0.117. The summed E-state index contributed by atoms with van der Waals surface area (Å²) in [7, 11) is -4.35. The van der Waals surface area contributed by atoms with Gasteiger partial charge in [0.1, 0.15) is 29.6 Å². The van der Waals surface area contributed by atoms with E-state index < -0.39 is 51.5 Å². The third-order valence-corrected chi connectivity index (χ3v) is 4.80. The summed E-state index contributed by atoms with van der Waals surface area (Å²) in [5.74, 6) is 0.0738. The number of phenols is 1. The van der Waals surface area contributed by atoms with E-state index in [2.05, 4.69) is 11.8 Å². The summed E-state index contributed by atoms with van der Waals surface area (Å²) >= 11 is 0. The van der Waals surface area contributed by atoms with Crippen LogP contribution < -0.4 is 9.03 Å². The van der Waals surface area contributed by atoms with Crippen LogP contribution in [0, 0.1) is 29.3 Å². The molecule has 1 aliphatic rings. The van der Waals surface area contributed by atoms with Crippen molar-refractivity contribution < 1.29 is 31.5 Å². The van der Waals surface area contributed by atoms with Crippen LogP contribution in [0.15, 0.2) is 30.3 Å². The Balaban J connectivity index is 2.09. The van der Waals surface area contributed by atoms with Crippen molar-refractivity contribution >= 4 is 21.8 Å². The molecule has 6 nitrogen and oxygen atoms in total. The molecule has 26 heavy (non-hydrogen) atoms. The molecule has 0 unspecified atom stereocenters. The zero-order chi connectivity index (χ0) is 19.1. The van der Waals surface area contributed by atoms with Crippen molar-refractivity contribution in [2.24, 2.45) is 0 Å². The van der Waals surface area contributed by atoms with Crippen LogP contribution in [-0.2, 0) is 15.0 Å². The number of benzene rings is 2. The lowest BCUT2D eigenvalue weighted by Gasteiger charge is -2.17. The van der Waals surface area contributed by atoms with E-state index in [1.165, 1.54) is 0 Å². The fourth-order valence-corrected chi connectivity index (χ4v) is 3.43. The van der Waals surface area contributed by atoms with Gasteiger partial charge in [0, 0.05) is 0 Å². The molecule has 1 heterocycles. The first-order chi connectivity index (χ1) is 12.2. The van der Waals surface area contributed by atoms with Gasteiger partial charge in [-0.05, 0) is 30.3 Å². The second-order valence-corrected chi connectivity index (χ2v) is 6.80. The van der Waals surface area contributed by atoms with E-state index in [0.29, 0.717) is 4.31 Å². The molecular weight excluding hydrogens is 373 g/mol. The molecule has 0 aromatic heterocycles. The molecule has 1 amide bonds. The quantitative estimate of drug-likeness (QED) is 0.730. The van der Waals surface area contributed by atoms with Gasteiger partial charge in [0.2, 0.25) is 0 Å². The predicted octanol–water partition coefficient (Wildman–Crippen LogP) is 1.39. The predicted molar refractivity (Wildman–Crippen MR) is 84.8 cm³/mol. The number of anilines is 1. The van der Waals surface area contributed by atoms with Crippen LogP contribution in [0.4, 0.5) is 18.9 Å². The summed E-state index contributed by atoms with van der Waals surface area (Å²) in [5, 5.41) is 9.82. The van der Waals surface area contributed by atoms with Gasteiger partial charge in [-0.2, -0.15) is 8.42 Å². The third kappa shape index (κ3) is 3.16. The number of carbonyl (C=O) groups is 1. The molecule has 1 fully saturated rings. The van der Waals surface area contributed by atoms with Gasteiger partial charge >= 0.3 is 10.2 Å². The van der Waals surface area contributed by atoms with Crippen molar-refractivity contribution in [1.82, 2.24) is 4.72 Å². The van der Waals surface area contributed by atoms with Crippen LogP contribution in [0.1, 0.15) is 11.1 Å². The van der Waals surface area contributed by atoms with Crippen molar-refractivity contribution in [2.45, 2.75) is 0 Å². The molecule has 0 aliphatic carbocycles. The van der Waals surface area contributed by atoms with Crippen LogP contribution in [0.3, 0.4) is 0 Å². The third-order valence-electron chi connectivity index (χ3n) is 3.42. The van der Waals surface area contributed by atoms with Gasteiger partial charge in [0.25, 0.3) is 5.91 Å². The Labute approximate surface area is 146 Å². The second kappa shape index (κ2) is 6.27. The zero-order valence-electron chi connectivity index (χ0n) is 12.8. The topological polar surface area (TPSA) is 86.7 Å². The van der Waals surface area contributed by atoms with Crippen molar-refractivity contribution in [2.75, 3.05) is 10.8 Å². The SMILES string of the molecule is O=C1CN(c2c(O)ccc(C#Cc3cc(F)ccc3F)c2F)S(=O)(=O)N1. The van der Waals surface area contributed by atoms with E-state index in [9.17, 15) is 31.5 Å². The summed E-state index contributed by atoms with van der Waals surface area (Å²) < 4.78 is 67.0. The fraction of sp³-hybridized carbons (Fsp3) is 0.0625. The molecule has 0 spiro atoms. The number of phenolic OH excluding ortho intramolecular Hbond substituents is 1. The van der Waals surface area contributed by atoms with Crippen molar-refractivity contribution in [3.8, 4) is 17.6 Å². The van der Waals surface area contributed by atoms with E-state index in [1.807, 2.05) is 0 Å². The number of nitrogens with zero attached hydrogens (tertiary/aromatic N) is 1. The van der Waals surface area contributed by atoms with Crippen LogP contribution in [-0.4, -0.2) is 26.0 Å². The monoisotopic (exact) mass is 382 g/mol. The van der Waals surface area contributed by atoms with Gasteiger partial charge in [-0.25, -0.2) is 22.2 Å². The molecule has 2 N–H and O–H groups in total. The summed E-state index contributed by atoms with van der Waals surface area (Å²) in [6.45, 7) is -0.720. The highest BCUT2D eigenvalue weighted by atomic mass is 32.2. The summed E-state index contributed by atoms with van der Waals surface area (Å²) in [5.41, 5.74) is -1.48. The number of rotatable bonds is 1. The molecule has 2 aromatic rings. The van der Waals surface area contributed by atoms with E-state index in [1.54, 1.807) is 4.72 Å². The van der Waals surface area contributed by atoms with Crippen LogP contribution in [0.25, 0.3) is 0 Å². The number of halogens is 3. The molecule has 0 radical (unpaired) electrons. The molecule has 1 saturated heterocycles. The maximum atomic E-state index is 14.7. The highest BCUT2D eigenvalue weighted by Crippen LogP contribution is 2.34. The van der Waals surface area contributed by atoms with E-state index in [0.717, 1.165) is 30.3 Å². The molecule has 0 bridgehead atoms. The molecule has 3 rings (SSSR count). The maximum absolute atomic E-state index is 14.7. The lowest BCUT2D eigenvalue weighted by Crippen LogP contribution is -2.30. The number of nitrogens with one attached hydrogen (secondary N) is 1. The fourth-order valence-electron chi connectivity index (χ4n) is 2.26. The van der Waals surface area contributed by atoms with Crippen molar-refractivity contribution in [3.63, 3.8) is 0 Å². The van der Waals surface area contributed by atoms with Crippen LogP contribution >= 0.6 is 0 Å². The molecule has 10 heteroatoms. The first kappa shape index (κ1) is 17.6. The summed E-state index contributed by atoms with van der Waals surface area (Å²) in [4.78, 5) is 11.3. The molecule has 1 aliphatic heterocycles. The standard InChI is InChI=1S/C16H9F3N2O4S/c17-11-4-5-12(18)10(7-11)2-1-9-3-6-13(22)16(15(9)19)21-8-14(23)20-26(21,24)25/h3-7,22H,8H2,(H,20,23). The number of hydrogen-bond acceptors (Lipinski definition) is 4.